The van der Waals surface area contributed by atoms with Crippen LogP contribution in [0.4, 0.5) is 0 Å². The normalized spacial score (nSPS) is 10.4. The second kappa shape index (κ2) is 6.95. The molecule has 2 aromatic heterocycles. The van der Waals surface area contributed by atoms with Crippen LogP contribution in [0.15, 0.2) is 59.7 Å². The number of benzene rings is 1. The molecule has 0 spiro atoms. The number of para-hydroxylation sites is 1. The molecule has 2 heterocycles. The first-order valence-electron chi connectivity index (χ1n) is 7.42. The van der Waals surface area contributed by atoms with Gasteiger partial charge < -0.3 is 9.47 Å². The molecule has 0 unspecified atom stereocenters. The molecule has 1 aromatic carbocycles. The van der Waals surface area contributed by atoms with E-state index in [9.17, 15) is 4.79 Å². The predicted octanol–water partition coefficient (Wildman–Crippen LogP) is 2.43. The minimum Gasteiger partial charge on any atom is -0.494 e. The lowest BCUT2D eigenvalue weighted by atomic mass is 10.1. The van der Waals surface area contributed by atoms with Gasteiger partial charge in [-0.05, 0) is 29.8 Å². The van der Waals surface area contributed by atoms with Crippen LogP contribution in [0.25, 0.3) is 11.3 Å². The van der Waals surface area contributed by atoms with Gasteiger partial charge >= 0.3 is 0 Å². The molecule has 0 aliphatic rings. The van der Waals surface area contributed by atoms with Crippen molar-refractivity contribution in [3.8, 4) is 22.8 Å². The number of nitrogens with zero attached hydrogens (tertiary/aromatic N) is 3. The molecule has 3 aromatic rings. The Balaban J connectivity index is 1.98. The Morgan fingerprint density at radius 2 is 1.83 bits per heavy atom. The van der Waals surface area contributed by atoms with Crippen molar-refractivity contribution >= 4 is 0 Å². The summed E-state index contributed by atoms with van der Waals surface area (Å²) in [5.41, 5.74) is 2.11. The minimum atomic E-state index is -0.231. The molecule has 0 radical (unpaired) electrons. The van der Waals surface area contributed by atoms with Crippen LogP contribution >= 0.6 is 0 Å². The van der Waals surface area contributed by atoms with E-state index in [4.69, 9.17) is 9.47 Å². The first kappa shape index (κ1) is 15.7. The molecule has 0 N–H and O–H groups in total. The summed E-state index contributed by atoms with van der Waals surface area (Å²) < 4.78 is 12.5. The Bertz CT molecular complexity index is 892. The molecule has 6 heteroatoms. The minimum absolute atomic E-state index is 0.231. The molecule has 0 aliphatic carbocycles. The lowest BCUT2D eigenvalue weighted by Crippen LogP contribution is -2.19. The molecule has 3 rings (SSSR count). The standard InChI is InChI=1S/C18H17N3O3/c1-21-17(22)11-16(23-2)18(20-21)14-5-3-4-6-15(14)24-12-13-7-9-19-10-8-13/h3-11H,12H2,1-2H3. The zero-order valence-electron chi connectivity index (χ0n) is 13.5. The van der Waals surface area contributed by atoms with Gasteiger partial charge in [-0.3, -0.25) is 9.78 Å². The summed E-state index contributed by atoms with van der Waals surface area (Å²) in [4.78, 5) is 15.8. The van der Waals surface area contributed by atoms with E-state index in [0.717, 1.165) is 11.1 Å². The number of pyridine rings is 1. The maximum Gasteiger partial charge on any atom is 0.270 e. The monoisotopic (exact) mass is 323 g/mol. The number of hydrogen-bond acceptors (Lipinski definition) is 5. The van der Waals surface area contributed by atoms with Gasteiger partial charge in [0.05, 0.1) is 7.11 Å². The summed E-state index contributed by atoms with van der Waals surface area (Å²) in [6.07, 6.45) is 3.45. The summed E-state index contributed by atoms with van der Waals surface area (Å²) in [5, 5.41) is 4.32. The van der Waals surface area contributed by atoms with Crippen molar-refractivity contribution in [1.82, 2.24) is 14.8 Å². The molecule has 0 atom stereocenters. The van der Waals surface area contributed by atoms with E-state index in [0.29, 0.717) is 23.8 Å². The van der Waals surface area contributed by atoms with Gasteiger partial charge in [0.15, 0.2) is 5.75 Å². The molecule has 0 amide bonds. The number of aryl methyl sites for hydroxylation is 1. The van der Waals surface area contributed by atoms with Crippen molar-refractivity contribution in [2.75, 3.05) is 7.11 Å². The lowest BCUT2D eigenvalue weighted by molar-refractivity contribution is 0.307. The quantitative estimate of drug-likeness (QED) is 0.721. The van der Waals surface area contributed by atoms with Gasteiger partial charge in [0.2, 0.25) is 0 Å². The SMILES string of the molecule is COc1cc(=O)n(C)nc1-c1ccccc1OCc1ccncc1. The Morgan fingerprint density at radius 1 is 1.08 bits per heavy atom. The van der Waals surface area contributed by atoms with Crippen molar-refractivity contribution in [3.63, 3.8) is 0 Å². The van der Waals surface area contributed by atoms with Crippen molar-refractivity contribution in [2.45, 2.75) is 6.61 Å². The average Bonchev–Trinajstić information content (AvgIpc) is 2.63. The Labute approximate surface area is 139 Å². The van der Waals surface area contributed by atoms with E-state index >= 15 is 0 Å². The highest BCUT2D eigenvalue weighted by Gasteiger charge is 2.15. The van der Waals surface area contributed by atoms with E-state index in [-0.39, 0.29) is 5.56 Å². The Hall–Kier alpha value is -3.15. The topological polar surface area (TPSA) is 66.2 Å². The fraction of sp³-hybridized carbons (Fsp3) is 0.167. The largest absolute Gasteiger partial charge is 0.494 e. The second-order valence-electron chi connectivity index (χ2n) is 5.16. The van der Waals surface area contributed by atoms with E-state index in [1.807, 2.05) is 36.4 Å². The summed E-state index contributed by atoms with van der Waals surface area (Å²) >= 11 is 0. The van der Waals surface area contributed by atoms with Crippen molar-refractivity contribution < 1.29 is 9.47 Å². The summed E-state index contributed by atoms with van der Waals surface area (Å²) in [5.74, 6) is 1.08. The Morgan fingerprint density at radius 3 is 2.58 bits per heavy atom. The van der Waals surface area contributed by atoms with E-state index < -0.39 is 0 Å². The van der Waals surface area contributed by atoms with Crippen LogP contribution in [-0.2, 0) is 13.7 Å². The molecule has 6 nitrogen and oxygen atoms in total. The molecule has 24 heavy (non-hydrogen) atoms. The molecule has 0 aliphatic heterocycles. The highest BCUT2D eigenvalue weighted by Crippen LogP contribution is 2.33. The number of methoxy groups -OCH3 is 1. The molecule has 0 fully saturated rings. The number of hydrogen-bond donors (Lipinski definition) is 0. The number of aromatic nitrogens is 3. The summed E-state index contributed by atoms with van der Waals surface area (Å²) in [6.45, 7) is 0.410. The molecule has 122 valence electrons. The van der Waals surface area contributed by atoms with Crippen LogP contribution in [0.3, 0.4) is 0 Å². The zero-order chi connectivity index (χ0) is 16.9. The van der Waals surface area contributed by atoms with Gasteiger partial charge in [-0.15, -0.1) is 0 Å². The molecule has 0 saturated carbocycles. The maximum absolute atomic E-state index is 11.8. The van der Waals surface area contributed by atoms with E-state index in [2.05, 4.69) is 10.1 Å². The fourth-order valence-corrected chi connectivity index (χ4v) is 2.29. The molecule has 0 saturated heterocycles. The van der Waals surface area contributed by atoms with Crippen LogP contribution < -0.4 is 15.0 Å². The number of rotatable bonds is 5. The van der Waals surface area contributed by atoms with Gasteiger partial charge in [0.25, 0.3) is 5.56 Å². The third-order valence-corrected chi connectivity index (χ3v) is 3.56. The Kier molecular flexibility index (Phi) is 4.56. The van der Waals surface area contributed by atoms with Crippen LogP contribution in [0.1, 0.15) is 5.56 Å². The van der Waals surface area contributed by atoms with E-state index in [1.54, 1.807) is 19.4 Å². The van der Waals surface area contributed by atoms with Gasteiger partial charge in [-0.25, -0.2) is 4.68 Å². The third-order valence-electron chi connectivity index (χ3n) is 3.56. The summed E-state index contributed by atoms with van der Waals surface area (Å²) in [7, 11) is 3.12. The average molecular weight is 323 g/mol. The van der Waals surface area contributed by atoms with Gasteiger partial charge in [0.1, 0.15) is 18.1 Å². The molecule has 0 bridgehead atoms. The van der Waals surface area contributed by atoms with Gasteiger partial charge in [-0.2, -0.15) is 5.10 Å². The molecular weight excluding hydrogens is 306 g/mol. The van der Waals surface area contributed by atoms with Crippen molar-refractivity contribution in [2.24, 2.45) is 7.05 Å². The number of ether oxygens (including phenoxy) is 2. The zero-order valence-corrected chi connectivity index (χ0v) is 13.5. The highest BCUT2D eigenvalue weighted by atomic mass is 16.5. The van der Waals surface area contributed by atoms with Crippen molar-refractivity contribution in [3.05, 3.63) is 70.8 Å². The predicted molar refractivity (Wildman–Crippen MR) is 90.0 cm³/mol. The maximum atomic E-state index is 11.8. The lowest BCUT2D eigenvalue weighted by Gasteiger charge is -2.14. The van der Waals surface area contributed by atoms with Crippen LogP contribution in [-0.4, -0.2) is 21.9 Å². The summed E-state index contributed by atoms with van der Waals surface area (Å²) in [6, 6.07) is 12.7. The van der Waals surface area contributed by atoms with Crippen LogP contribution in [0.5, 0.6) is 11.5 Å². The third kappa shape index (κ3) is 3.27. The van der Waals surface area contributed by atoms with Crippen LogP contribution in [0.2, 0.25) is 0 Å². The first-order chi connectivity index (χ1) is 11.7. The highest BCUT2D eigenvalue weighted by molar-refractivity contribution is 5.71. The smallest absolute Gasteiger partial charge is 0.270 e. The molecular formula is C18H17N3O3. The van der Waals surface area contributed by atoms with Crippen molar-refractivity contribution in [1.29, 1.82) is 0 Å². The van der Waals surface area contributed by atoms with E-state index in [1.165, 1.54) is 17.9 Å². The second-order valence-corrected chi connectivity index (χ2v) is 5.16. The fourth-order valence-electron chi connectivity index (χ4n) is 2.29. The van der Waals surface area contributed by atoms with Crippen LogP contribution in [0, 0.1) is 0 Å². The van der Waals surface area contributed by atoms with Gasteiger partial charge in [0, 0.05) is 31.1 Å². The first-order valence-corrected chi connectivity index (χ1v) is 7.42. The van der Waals surface area contributed by atoms with Gasteiger partial charge in [-0.1, -0.05) is 12.1 Å².